The van der Waals surface area contributed by atoms with Gasteiger partial charge in [0, 0.05) is 11.5 Å². The molecule has 0 unspecified atom stereocenters. The van der Waals surface area contributed by atoms with Gasteiger partial charge in [0.25, 0.3) is 7.90 Å². The molecule has 0 N–H and O–H groups in total. The summed E-state index contributed by atoms with van der Waals surface area (Å²) in [6.07, 6.45) is 15.0. The first-order chi connectivity index (χ1) is 13.2. The third-order valence-electron chi connectivity index (χ3n) is 5.59. The van der Waals surface area contributed by atoms with E-state index in [4.69, 9.17) is 0 Å². The van der Waals surface area contributed by atoms with Gasteiger partial charge in [-0.25, -0.2) is 8.42 Å². The topological polar surface area (TPSA) is 40.6 Å². The lowest BCUT2D eigenvalue weighted by Crippen LogP contribution is -2.30. The van der Waals surface area contributed by atoms with Gasteiger partial charge in [-0.1, -0.05) is 25.7 Å². The van der Waals surface area contributed by atoms with Crippen LogP contribution in [-0.2, 0) is 7.90 Å². The molecule has 0 aliphatic carbocycles. The number of hydrogen-bond donors (Lipinski definition) is 0. The fourth-order valence-electron chi connectivity index (χ4n) is 3.95. The Hall–Kier alpha value is 0.570. The molecule has 0 saturated carbocycles. The maximum absolute atomic E-state index is 12.1. The molecule has 160 valence electrons. The average Bonchev–Trinajstić information content (AvgIpc) is 2.69. The molecule has 7 heteroatoms. The van der Waals surface area contributed by atoms with E-state index in [0.29, 0.717) is 0 Å². The molecule has 4 nitrogen and oxygen atoms in total. The first-order valence-electron chi connectivity index (χ1n) is 11.1. The highest BCUT2D eigenvalue weighted by molar-refractivity contribution is 9.04. The maximum atomic E-state index is 12.1. The van der Waals surface area contributed by atoms with Crippen molar-refractivity contribution in [2.45, 2.75) is 77.0 Å². The molecular formula is C20H40N2O2S3. The molecule has 0 aromatic rings. The van der Waals surface area contributed by atoms with Gasteiger partial charge in [-0.15, -0.1) is 0 Å². The van der Waals surface area contributed by atoms with Crippen LogP contribution in [0.15, 0.2) is 0 Å². The second-order valence-electron chi connectivity index (χ2n) is 7.98. The van der Waals surface area contributed by atoms with Gasteiger partial charge >= 0.3 is 0 Å². The molecule has 2 aliphatic rings. The Labute approximate surface area is 175 Å². The summed E-state index contributed by atoms with van der Waals surface area (Å²) in [5, 5.41) is 0. The van der Waals surface area contributed by atoms with Crippen molar-refractivity contribution in [2.24, 2.45) is 0 Å². The first-order valence-corrected chi connectivity index (χ1v) is 15.6. The van der Waals surface area contributed by atoms with Gasteiger partial charge in [0.1, 0.15) is 0 Å². The lowest BCUT2D eigenvalue weighted by atomic mass is 10.1. The molecule has 2 aliphatic heterocycles. The van der Waals surface area contributed by atoms with Crippen LogP contribution in [0.4, 0.5) is 0 Å². The van der Waals surface area contributed by atoms with E-state index in [1.807, 2.05) is 0 Å². The second kappa shape index (κ2) is 14.5. The van der Waals surface area contributed by atoms with E-state index in [-0.39, 0.29) is 0 Å². The first kappa shape index (κ1) is 23.8. The molecule has 2 fully saturated rings. The fraction of sp³-hybridized carbons (Fsp3) is 1.00. The predicted octanol–water partition coefficient (Wildman–Crippen LogP) is 5.01. The summed E-state index contributed by atoms with van der Waals surface area (Å²) in [5.41, 5.74) is 0. The van der Waals surface area contributed by atoms with Crippen LogP contribution in [0.5, 0.6) is 0 Å². The van der Waals surface area contributed by atoms with Crippen molar-refractivity contribution in [3.63, 3.8) is 0 Å². The van der Waals surface area contributed by atoms with Crippen molar-refractivity contribution in [3.05, 3.63) is 0 Å². The largest absolute Gasteiger partial charge is 0.303 e. The van der Waals surface area contributed by atoms with Gasteiger partial charge in [0.2, 0.25) is 0 Å². The minimum atomic E-state index is -2.98. The van der Waals surface area contributed by atoms with E-state index in [0.717, 1.165) is 58.8 Å². The van der Waals surface area contributed by atoms with Gasteiger partial charge in [0.15, 0.2) is 0 Å². The molecule has 0 radical (unpaired) electrons. The van der Waals surface area contributed by atoms with E-state index < -0.39 is 7.90 Å². The fourth-order valence-corrected chi connectivity index (χ4v) is 9.04. The summed E-state index contributed by atoms with van der Waals surface area (Å²) in [4.78, 5) is 5.13. The minimum absolute atomic E-state index is 0.754. The number of rotatable bonds is 14. The quantitative estimate of drug-likeness (QED) is 0.282. The predicted molar refractivity (Wildman–Crippen MR) is 122 cm³/mol. The Morgan fingerprint density at radius 1 is 0.556 bits per heavy atom. The number of unbranched alkanes of at least 4 members (excludes halogenated alkanes) is 4. The van der Waals surface area contributed by atoms with Crippen LogP contribution in [0.3, 0.4) is 0 Å². The Morgan fingerprint density at radius 2 is 0.963 bits per heavy atom. The summed E-state index contributed by atoms with van der Waals surface area (Å²) < 4.78 is 24.2. The Bertz CT molecular complexity index is 426. The lowest BCUT2D eigenvalue weighted by molar-refractivity contribution is 0.224. The summed E-state index contributed by atoms with van der Waals surface area (Å²) >= 11 is 0. The Balaban J connectivity index is 1.38. The SMILES string of the molecule is O=S(=O)(SCCCCCN1CCCCC1)SCCCCCN1CCCCC1. The average molecular weight is 437 g/mol. The zero-order valence-corrected chi connectivity index (χ0v) is 19.5. The summed E-state index contributed by atoms with van der Waals surface area (Å²) in [7, 11) is -0.655. The standard InChI is InChI=1S/C20H40N2O2S3/c23-27(24,25-19-11-3-9-17-21-13-5-1-6-14-21)26-20-12-4-10-18-22-15-7-2-8-16-22/h1-20H2. The van der Waals surface area contributed by atoms with E-state index in [1.165, 1.54) is 90.6 Å². The monoisotopic (exact) mass is 436 g/mol. The number of hydrogen-bond acceptors (Lipinski definition) is 6. The molecule has 0 atom stereocenters. The van der Waals surface area contributed by atoms with Crippen LogP contribution in [0.1, 0.15) is 77.0 Å². The highest BCUT2D eigenvalue weighted by Gasteiger charge is 2.13. The van der Waals surface area contributed by atoms with Gasteiger partial charge in [-0.3, -0.25) is 0 Å². The van der Waals surface area contributed by atoms with E-state index >= 15 is 0 Å². The van der Waals surface area contributed by atoms with Crippen molar-refractivity contribution >= 4 is 29.5 Å². The lowest BCUT2D eigenvalue weighted by Gasteiger charge is -2.26. The summed E-state index contributed by atoms with van der Waals surface area (Å²) in [6, 6.07) is 0. The molecule has 0 spiro atoms. The third kappa shape index (κ3) is 12.0. The van der Waals surface area contributed by atoms with Crippen molar-refractivity contribution in [1.82, 2.24) is 9.80 Å². The van der Waals surface area contributed by atoms with E-state index in [9.17, 15) is 8.42 Å². The molecule has 27 heavy (non-hydrogen) atoms. The van der Waals surface area contributed by atoms with Crippen molar-refractivity contribution in [3.8, 4) is 0 Å². The maximum Gasteiger partial charge on any atom is 0.253 e. The smallest absolute Gasteiger partial charge is 0.253 e. The summed E-state index contributed by atoms with van der Waals surface area (Å²) in [5.74, 6) is 1.51. The number of nitrogens with zero attached hydrogens (tertiary/aromatic N) is 2. The summed E-state index contributed by atoms with van der Waals surface area (Å²) in [6.45, 7) is 7.44. The van der Waals surface area contributed by atoms with E-state index in [1.54, 1.807) is 0 Å². The molecule has 0 bridgehead atoms. The Kier molecular flexibility index (Phi) is 12.8. The Morgan fingerprint density at radius 3 is 1.37 bits per heavy atom. The van der Waals surface area contributed by atoms with Crippen molar-refractivity contribution in [1.29, 1.82) is 0 Å². The van der Waals surface area contributed by atoms with Crippen LogP contribution in [0.25, 0.3) is 0 Å². The molecule has 0 aromatic heterocycles. The zero-order valence-electron chi connectivity index (χ0n) is 17.1. The molecule has 0 aromatic carbocycles. The van der Waals surface area contributed by atoms with Crippen LogP contribution in [0.2, 0.25) is 0 Å². The molecule has 2 saturated heterocycles. The highest BCUT2D eigenvalue weighted by atomic mass is 33.5. The van der Waals surface area contributed by atoms with Crippen LogP contribution in [-0.4, -0.2) is 69.0 Å². The molecule has 2 heterocycles. The van der Waals surface area contributed by atoms with Gasteiger partial charge < -0.3 is 9.80 Å². The minimum Gasteiger partial charge on any atom is -0.303 e. The third-order valence-corrected chi connectivity index (χ3v) is 11.5. The van der Waals surface area contributed by atoms with Gasteiger partial charge in [-0.2, -0.15) is 0 Å². The van der Waals surface area contributed by atoms with Crippen LogP contribution in [0, 0.1) is 0 Å². The molecule has 0 amide bonds. The second-order valence-corrected chi connectivity index (χ2v) is 14.8. The van der Waals surface area contributed by atoms with Crippen LogP contribution < -0.4 is 0 Å². The highest BCUT2D eigenvalue weighted by Crippen LogP contribution is 2.28. The molecule has 2 rings (SSSR count). The van der Waals surface area contributed by atoms with Gasteiger partial charge in [-0.05, 0) is 112 Å². The normalized spacial score (nSPS) is 20.1. The number of likely N-dealkylation sites (tertiary alicyclic amines) is 2. The van der Waals surface area contributed by atoms with Crippen molar-refractivity contribution < 1.29 is 8.42 Å². The van der Waals surface area contributed by atoms with Crippen LogP contribution >= 0.6 is 21.6 Å². The van der Waals surface area contributed by atoms with Crippen molar-refractivity contribution in [2.75, 3.05) is 50.8 Å². The van der Waals surface area contributed by atoms with E-state index in [2.05, 4.69) is 9.80 Å². The zero-order chi connectivity index (χ0) is 19.2. The number of piperidine rings is 2. The molecular weight excluding hydrogens is 396 g/mol. The van der Waals surface area contributed by atoms with Gasteiger partial charge in [0.05, 0.1) is 0 Å².